The quantitative estimate of drug-likeness (QED) is 0.862. The molecule has 1 saturated heterocycles. The number of nitrogens with one attached hydrogen (secondary N) is 1. The van der Waals surface area contributed by atoms with Gasteiger partial charge in [0.15, 0.2) is 0 Å². The van der Waals surface area contributed by atoms with Crippen molar-refractivity contribution in [2.45, 2.75) is 25.5 Å². The summed E-state index contributed by atoms with van der Waals surface area (Å²) in [4.78, 5) is 16.0. The maximum atomic E-state index is 11.5. The molecule has 1 amide bonds. The minimum absolute atomic E-state index is 0.00890. The number of carbonyl (C=O) groups is 1. The normalized spacial score (nSPS) is 17.5. The number of rotatable bonds is 5. The molecule has 1 aliphatic rings. The van der Waals surface area contributed by atoms with Gasteiger partial charge in [0, 0.05) is 18.0 Å². The highest BCUT2D eigenvalue weighted by Gasteiger charge is 2.21. The Kier molecular flexibility index (Phi) is 5.36. The lowest BCUT2D eigenvalue weighted by molar-refractivity contribution is -0.119. The Morgan fingerprint density at radius 3 is 2.72 bits per heavy atom. The number of aromatic nitrogens is 1. The highest BCUT2D eigenvalue weighted by molar-refractivity contribution is 6.31. The lowest BCUT2D eigenvalue weighted by Crippen LogP contribution is -2.23. The van der Waals surface area contributed by atoms with Crippen molar-refractivity contribution in [3.05, 3.63) is 64.3 Å². The summed E-state index contributed by atoms with van der Waals surface area (Å²) in [5, 5.41) is 12.6. The molecular formula is C19H19ClN2O3. The van der Waals surface area contributed by atoms with Crippen LogP contribution in [0.4, 0.5) is 0 Å². The Hall–Kier alpha value is -2.37. The van der Waals surface area contributed by atoms with Crippen LogP contribution in [0, 0.1) is 0 Å². The van der Waals surface area contributed by atoms with Gasteiger partial charge in [-0.05, 0) is 29.7 Å². The molecular weight excluding hydrogens is 340 g/mol. The van der Waals surface area contributed by atoms with Crippen molar-refractivity contribution in [3.8, 4) is 5.88 Å². The summed E-state index contributed by atoms with van der Waals surface area (Å²) < 4.78 is 5.22. The fraction of sp³-hybridized carbons (Fsp3) is 0.263. The molecule has 6 heteroatoms. The minimum Gasteiger partial charge on any atom is -0.480 e. The van der Waals surface area contributed by atoms with E-state index in [1.807, 2.05) is 36.4 Å². The molecule has 1 aromatic carbocycles. The smallest absolute Gasteiger partial charge is 0.232 e. The number of benzene rings is 1. The zero-order valence-electron chi connectivity index (χ0n) is 13.8. The maximum absolute atomic E-state index is 11.5. The number of carbonyl (C=O) groups excluding carboxylic acids is 1. The minimum atomic E-state index is -0.0384. The predicted molar refractivity (Wildman–Crippen MR) is 96.4 cm³/mol. The third-order valence-corrected chi connectivity index (χ3v) is 4.41. The molecule has 0 aliphatic carbocycles. The van der Waals surface area contributed by atoms with E-state index in [9.17, 15) is 9.90 Å². The fourth-order valence-corrected chi connectivity index (χ4v) is 2.98. The fourth-order valence-electron chi connectivity index (χ4n) is 2.80. The molecule has 1 aliphatic heterocycles. The summed E-state index contributed by atoms with van der Waals surface area (Å²) in [6, 6.07) is 11.1. The van der Waals surface area contributed by atoms with E-state index in [2.05, 4.69) is 10.3 Å². The van der Waals surface area contributed by atoms with Gasteiger partial charge in [0.25, 0.3) is 0 Å². The van der Waals surface area contributed by atoms with Crippen LogP contribution in [0.5, 0.6) is 5.88 Å². The highest BCUT2D eigenvalue weighted by Crippen LogP contribution is 2.29. The number of methoxy groups -OCH3 is 1. The average Bonchev–Trinajstić information content (AvgIpc) is 3.05. The second-order valence-electron chi connectivity index (χ2n) is 5.84. The molecule has 3 rings (SSSR count). The van der Waals surface area contributed by atoms with E-state index >= 15 is 0 Å². The van der Waals surface area contributed by atoms with Crippen molar-refractivity contribution in [1.82, 2.24) is 10.3 Å². The summed E-state index contributed by atoms with van der Waals surface area (Å²) in [7, 11) is 1.52. The van der Waals surface area contributed by atoms with E-state index in [4.69, 9.17) is 16.3 Å². The lowest BCUT2D eigenvalue weighted by atomic mass is 9.98. The average molecular weight is 359 g/mol. The van der Waals surface area contributed by atoms with E-state index in [-0.39, 0.29) is 18.6 Å². The van der Waals surface area contributed by atoms with Crippen LogP contribution in [0.2, 0.25) is 5.02 Å². The first-order chi connectivity index (χ1) is 12.1. The Bertz CT molecular complexity index is 803. The molecule has 130 valence electrons. The summed E-state index contributed by atoms with van der Waals surface area (Å²) in [5.74, 6) is 0.408. The second kappa shape index (κ2) is 7.68. The van der Waals surface area contributed by atoms with Gasteiger partial charge in [-0.25, -0.2) is 4.98 Å². The number of ether oxygens (including phenoxy) is 1. The number of amides is 1. The van der Waals surface area contributed by atoms with Crippen LogP contribution in [0.3, 0.4) is 0 Å². The van der Waals surface area contributed by atoms with Crippen LogP contribution in [0.1, 0.15) is 29.7 Å². The van der Waals surface area contributed by atoms with Crippen LogP contribution in [0.25, 0.3) is 5.57 Å². The first-order valence-electron chi connectivity index (χ1n) is 8.03. The molecule has 5 nitrogen and oxygen atoms in total. The van der Waals surface area contributed by atoms with Crippen molar-refractivity contribution >= 4 is 23.1 Å². The molecule has 2 N–H and O–H groups in total. The summed E-state index contributed by atoms with van der Waals surface area (Å²) >= 11 is 6.08. The number of hydrogen-bond donors (Lipinski definition) is 2. The van der Waals surface area contributed by atoms with Gasteiger partial charge in [-0.2, -0.15) is 0 Å². The molecule has 2 heterocycles. The molecule has 0 unspecified atom stereocenters. The van der Waals surface area contributed by atoms with Gasteiger partial charge in [-0.1, -0.05) is 41.9 Å². The molecule has 0 saturated carbocycles. The van der Waals surface area contributed by atoms with Crippen LogP contribution < -0.4 is 10.1 Å². The Morgan fingerprint density at radius 2 is 2.12 bits per heavy atom. The molecule has 1 fully saturated rings. The molecule has 1 aromatic heterocycles. The largest absolute Gasteiger partial charge is 0.480 e. The summed E-state index contributed by atoms with van der Waals surface area (Å²) in [5.41, 5.74) is 3.36. The van der Waals surface area contributed by atoms with Gasteiger partial charge in [0.1, 0.15) is 5.02 Å². The topological polar surface area (TPSA) is 71.5 Å². The molecule has 2 aromatic rings. The lowest BCUT2D eigenvalue weighted by Gasteiger charge is -2.13. The van der Waals surface area contributed by atoms with E-state index in [0.717, 1.165) is 23.1 Å². The second-order valence-corrected chi connectivity index (χ2v) is 6.24. The van der Waals surface area contributed by atoms with Crippen LogP contribution in [-0.4, -0.2) is 29.1 Å². The molecule has 1 atom stereocenters. The third-order valence-electron chi connectivity index (χ3n) is 4.13. The van der Waals surface area contributed by atoms with Crippen molar-refractivity contribution in [2.24, 2.45) is 0 Å². The SMILES string of the molecule is COc1nc(C(=C[C@H]2CCC(=O)N2)c2ccc(CO)cc2)ccc1Cl. The van der Waals surface area contributed by atoms with Crippen molar-refractivity contribution in [3.63, 3.8) is 0 Å². The Morgan fingerprint density at radius 1 is 1.36 bits per heavy atom. The molecule has 0 bridgehead atoms. The predicted octanol–water partition coefficient (Wildman–Crippen LogP) is 2.95. The van der Waals surface area contributed by atoms with Crippen molar-refractivity contribution in [2.75, 3.05) is 7.11 Å². The van der Waals surface area contributed by atoms with Gasteiger partial charge in [-0.3, -0.25) is 4.79 Å². The van der Waals surface area contributed by atoms with Gasteiger partial charge in [0.2, 0.25) is 11.8 Å². The Labute approximate surface area is 151 Å². The number of halogens is 1. The summed E-state index contributed by atoms with van der Waals surface area (Å²) in [6.45, 7) is -0.00890. The third kappa shape index (κ3) is 4.00. The number of aliphatic hydroxyl groups is 1. The number of hydrogen-bond acceptors (Lipinski definition) is 4. The number of pyridine rings is 1. The van der Waals surface area contributed by atoms with Gasteiger partial charge >= 0.3 is 0 Å². The van der Waals surface area contributed by atoms with E-state index < -0.39 is 0 Å². The van der Waals surface area contributed by atoms with Gasteiger partial charge in [0.05, 0.1) is 19.4 Å². The summed E-state index contributed by atoms with van der Waals surface area (Å²) in [6.07, 6.45) is 3.28. The first kappa shape index (κ1) is 17.5. The monoisotopic (exact) mass is 358 g/mol. The molecule has 25 heavy (non-hydrogen) atoms. The van der Waals surface area contributed by atoms with Crippen LogP contribution >= 0.6 is 11.6 Å². The molecule has 0 spiro atoms. The maximum Gasteiger partial charge on any atom is 0.232 e. The number of aliphatic hydroxyl groups excluding tert-OH is 1. The van der Waals surface area contributed by atoms with E-state index in [1.54, 1.807) is 6.07 Å². The zero-order valence-corrected chi connectivity index (χ0v) is 14.6. The van der Waals surface area contributed by atoms with Crippen molar-refractivity contribution < 1.29 is 14.6 Å². The van der Waals surface area contributed by atoms with E-state index in [1.165, 1.54) is 7.11 Å². The van der Waals surface area contributed by atoms with Crippen LogP contribution in [-0.2, 0) is 11.4 Å². The van der Waals surface area contributed by atoms with Crippen LogP contribution in [0.15, 0.2) is 42.5 Å². The number of nitrogens with zero attached hydrogens (tertiary/aromatic N) is 1. The standard InChI is InChI=1S/C19H19ClN2O3/c1-25-19-16(20)7-8-17(22-19)15(10-14-6-9-18(24)21-14)13-4-2-12(11-23)3-5-13/h2-5,7-8,10,14,23H,6,9,11H2,1H3,(H,21,24)/t14-/m1/s1. The van der Waals surface area contributed by atoms with E-state index in [0.29, 0.717) is 23.0 Å². The highest BCUT2D eigenvalue weighted by atomic mass is 35.5. The molecule has 0 radical (unpaired) electrons. The van der Waals surface area contributed by atoms with Crippen molar-refractivity contribution in [1.29, 1.82) is 0 Å². The van der Waals surface area contributed by atoms with Gasteiger partial charge in [-0.15, -0.1) is 0 Å². The zero-order chi connectivity index (χ0) is 17.8. The Balaban J connectivity index is 2.04. The first-order valence-corrected chi connectivity index (χ1v) is 8.40. The van der Waals surface area contributed by atoms with Gasteiger partial charge < -0.3 is 15.2 Å².